The SMILES string of the molecule is O=C(CC1C=CCC1)Nc1nnc(-c2ccco2)s1. The molecule has 0 aliphatic heterocycles. The lowest BCUT2D eigenvalue weighted by molar-refractivity contribution is -0.116. The molecule has 1 aliphatic carbocycles. The first-order chi connectivity index (χ1) is 9.31. The average Bonchev–Trinajstić information content (AvgIpc) is 3.09. The van der Waals surface area contributed by atoms with Gasteiger partial charge in [0.15, 0.2) is 10.8 Å². The molecular formula is C13H13N3O2S. The van der Waals surface area contributed by atoms with E-state index in [0.717, 1.165) is 12.8 Å². The number of amides is 1. The van der Waals surface area contributed by atoms with Crippen molar-refractivity contribution in [3.05, 3.63) is 30.5 Å². The zero-order valence-corrected chi connectivity index (χ0v) is 11.0. The molecule has 0 aromatic carbocycles. The standard InChI is InChI=1S/C13H13N3O2S/c17-11(8-9-4-1-2-5-9)14-13-16-15-12(19-13)10-6-3-7-18-10/h1,3-4,6-7,9H,2,5,8H2,(H,14,16,17). The minimum Gasteiger partial charge on any atom is -0.462 e. The van der Waals surface area contributed by atoms with Crippen LogP contribution in [0.3, 0.4) is 0 Å². The normalized spacial score (nSPS) is 17.8. The molecule has 6 heteroatoms. The molecule has 0 radical (unpaired) electrons. The van der Waals surface area contributed by atoms with Crippen LogP contribution in [0, 0.1) is 5.92 Å². The number of furan rings is 1. The maximum atomic E-state index is 11.8. The third-order valence-corrected chi connectivity index (χ3v) is 3.82. The van der Waals surface area contributed by atoms with Crippen LogP contribution < -0.4 is 5.32 Å². The molecule has 5 nitrogen and oxygen atoms in total. The van der Waals surface area contributed by atoms with E-state index >= 15 is 0 Å². The van der Waals surface area contributed by atoms with Crippen LogP contribution in [0.4, 0.5) is 5.13 Å². The summed E-state index contributed by atoms with van der Waals surface area (Å²) >= 11 is 1.31. The van der Waals surface area contributed by atoms with Crippen molar-refractivity contribution in [2.24, 2.45) is 5.92 Å². The van der Waals surface area contributed by atoms with Gasteiger partial charge in [-0.25, -0.2) is 0 Å². The Labute approximate surface area is 114 Å². The van der Waals surface area contributed by atoms with E-state index in [1.807, 2.05) is 6.07 Å². The monoisotopic (exact) mass is 275 g/mol. The molecule has 0 saturated heterocycles. The summed E-state index contributed by atoms with van der Waals surface area (Å²) in [6.45, 7) is 0. The highest BCUT2D eigenvalue weighted by Gasteiger charge is 2.16. The van der Waals surface area contributed by atoms with Gasteiger partial charge < -0.3 is 9.73 Å². The van der Waals surface area contributed by atoms with Crippen LogP contribution in [-0.4, -0.2) is 16.1 Å². The number of aromatic nitrogens is 2. The fraction of sp³-hybridized carbons (Fsp3) is 0.308. The highest BCUT2D eigenvalue weighted by atomic mass is 32.1. The van der Waals surface area contributed by atoms with Gasteiger partial charge in [0.05, 0.1) is 6.26 Å². The molecule has 1 unspecified atom stereocenters. The van der Waals surface area contributed by atoms with Crippen LogP contribution in [0.25, 0.3) is 10.8 Å². The van der Waals surface area contributed by atoms with E-state index in [0.29, 0.717) is 28.2 Å². The van der Waals surface area contributed by atoms with Crippen molar-refractivity contribution in [2.75, 3.05) is 5.32 Å². The van der Waals surface area contributed by atoms with Gasteiger partial charge >= 0.3 is 0 Å². The van der Waals surface area contributed by atoms with Gasteiger partial charge in [0.2, 0.25) is 11.0 Å². The number of hydrogen-bond donors (Lipinski definition) is 1. The molecule has 0 bridgehead atoms. The summed E-state index contributed by atoms with van der Waals surface area (Å²) in [5.74, 6) is 1.01. The molecule has 1 atom stereocenters. The number of anilines is 1. The third-order valence-electron chi connectivity index (χ3n) is 2.96. The van der Waals surface area contributed by atoms with Gasteiger partial charge in [-0.1, -0.05) is 23.5 Å². The van der Waals surface area contributed by atoms with E-state index in [1.165, 1.54) is 11.3 Å². The van der Waals surface area contributed by atoms with Crippen molar-refractivity contribution in [3.8, 4) is 10.8 Å². The van der Waals surface area contributed by atoms with Crippen molar-refractivity contribution in [1.29, 1.82) is 0 Å². The summed E-state index contributed by atoms with van der Waals surface area (Å²) in [4.78, 5) is 11.8. The predicted molar refractivity (Wildman–Crippen MR) is 72.7 cm³/mol. The Bertz CT molecular complexity index is 589. The fourth-order valence-corrected chi connectivity index (χ4v) is 2.78. The predicted octanol–water partition coefficient (Wildman–Crippen LogP) is 3.09. The second kappa shape index (κ2) is 5.36. The van der Waals surface area contributed by atoms with Gasteiger partial charge in [-0.15, -0.1) is 10.2 Å². The lowest BCUT2D eigenvalue weighted by Crippen LogP contribution is -2.14. The number of allylic oxidation sites excluding steroid dienone is 2. The molecule has 1 amide bonds. The van der Waals surface area contributed by atoms with E-state index in [4.69, 9.17) is 4.42 Å². The molecule has 2 aromatic rings. The van der Waals surface area contributed by atoms with Crippen molar-refractivity contribution in [3.63, 3.8) is 0 Å². The Morgan fingerprint density at radius 1 is 1.53 bits per heavy atom. The van der Waals surface area contributed by atoms with Crippen LogP contribution in [0.5, 0.6) is 0 Å². The lowest BCUT2D eigenvalue weighted by Gasteiger charge is -2.05. The number of nitrogens with zero attached hydrogens (tertiary/aromatic N) is 2. The molecule has 1 N–H and O–H groups in total. The van der Waals surface area contributed by atoms with E-state index in [1.54, 1.807) is 12.3 Å². The van der Waals surface area contributed by atoms with Gasteiger partial charge in [0.25, 0.3) is 0 Å². The lowest BCUT2D eigenvalue weighted by atomic mass is 10.1. The molecule has 0 fully saturated rings. The quantitative estimate of drug-likeness (QED) is 0.871. The van der Waals surface area contributed by atoms with Crippen LogP contribution in [0.2, 0.25) is 0 Å². The minimum absolute atomic E-state index is 0.0151. The van der Waals surface area contributed by atoms with Gasteiger partial charge in [-0.3, -0.25) is 4.79 Å². The van der Waals surface area contributed by atoms with Crippen LogP contribution >= 0.6 is 11.3 Å². The van der Waals surface area contributed by atoms with E-state index in [-0.39, 0.29) is 5.91 Å². The fourth-order valence-electron chi connectivity index (χ4n) is 2.05. The first-order valence-corrected chi connectivity index (χ1v) is 6.97. The maximum absolute atomic E-state index is 11.8. The summed E-state index contributed by atoms with van der Waals surface area (Å²) in [5, 5.41) is 11.9. The average molecular weight is 275 g/mol. The Hall–Kier alpha value is -1.95. The zero-order valence-electron chi connectivity index (χ0n) is 10.2. The van der Waals surface area contributed by atoms with Gasteiger partial charge in [-0.05, 0) is 30.9 Å². The number of carbonyl (C=O) groups excluding carboxylic acids is 1. The smallest absolute Gasteiger partial charge is 0.226 e. The van der Waals surface area contributed by atoms with Gasteiger partial charge in [0, 0.05) is 6.42 Å². The second-order valence-electron chi connectivity index (χ2n) is 4.41. The molecule has 2 aromatic heterocycles. The minimum atomic E-state index is -0.0151. The largest absolute Gasteiger partial charge is 0.462 e. The topological polar surface area (TPSA) is 68.0 Å². The highest BCUT2D eigenvalue weighted by Crippen LogP contribution is 2.27. The molecule has 3 rings (SSSR count). The first-order valence-electron chi connectivity index (χ1n) is 6.15. The Morgan fingerprint density at radius 2 is 2.47 bits per heavy atom. The highest BCUT2D eigenvalue weighted by molar-refractivity contribution is 7.18. The number of rotatable bonds is 4. The van der Waals surface area contributed by atoms with E-state index in [9.17, 15) is 4.79 Å². The Balaban J connectivity index is 1.60. The maximum Gasteiger partial charge on any atom is 0.226 e. The Morgan fingerprint density at radius 3 is 3.21 bits per heavy atom. The van der Waals surface area contributed by atoms with E-state index < -0.39 is 0 Å². The second-order valence-corrected chi connectivity index (χ2v) is 5.39. The molecule has 0 saturated carbocycles. The van der Waals surface area contributed by atoms with Crippen molar-refractivity contribution in [2.45, 2.75) is 19.3 Å². The van der Waals surface area contributed by atoms with Crippen molar-refractivity contribution >= 4 is 22.4 Å². The molecule has 98 valence electrons. The number of hydrogen-bond acceptors (Lipinski definition) is 5. The number of carbonyl (C=O) groups is 1. The summed E-state index contributed by atoms with van der Waals surface area (Å²) in [7, 11) is 0. The summed E-state index contributed by atoms with van der Waals surface area (Å²) < 4.78 is 5.23. The van der Waals surface area contributed by atoms with Crippen LogP contribution in [-0.2, 0) is 4.79 Å². The van der Waals surface area contributed by atoms with Crippen LogP contribution in [0.15, 0.2) is 35.0 Å². The third kappa shape index (κ3) is 2.90. The molecule has 0 spiro atoms. The summed E-state index contributed by atoms with van der Waals surface area (Å²) in [6, 6.07) is 3.61. The summed E-state index contributed by atoms with van der Waals surface area (Å²) in [5.41, 5.74) is 0. The van der Waals surface area contributed by atoms with Gasteiger partial charge in [0.1, 0.15) is 0 Å². The number of nitrogens with one attached hydrogen (secondary N) is 1. The molecular weight excluding hydrogens is 262 g/mol. The molecule has 19 heavy (non-hydrogen) atoms. The zero-order chi connectivity index (χ0) is 13.1. The van der Waals surface area contributed by atoms with Gasteiger partial charge in [-0.2, -0.15) is 0 Å². The van der Waals surface area contributed by atoms with Crippen LogP contribution in [0.1, 0.15) is 19.3 Å². The Kier molecular flexibility index (Phi) is 3.41. The van der Waals surface area contributed by atoms with E-state index in [2.05, 4.69) is 27.7 Å². The molecule has 2 heterocycles. The molecule has 1 aliphatic rings. The van der Waals surface area contributed by atoms with Crippen molar-refractivity contribution in [1.82, 2.24) is 10.2 Å². The first kappa shape index (κ1) is 12.1. The van der Waals surface area contributed by atoms with Crippen molar-refractivity contribution < 1.29 is 9.21 Å². The summed E-state index contributed by atoms with van der Waals surface area (Å²) in [6.07, 6.45) is 8.44.